The van der Waals surface area contributed by atoms with Crippen LogP contribution in [0.2, 0.25) is 0 Å². The Balaban J connectivity index is 2.20. The molecule has 0 bridgehead atoms. The van der Waals surface area contributed by atoms with E-state index in [4.69, 9.17) is 10.2 Å². The van der Waals surface area contributed by atoms with Crippen molar-refractivity contribution in [3.8, 4) is 0 Å². The van der Waals surface area contributed by atoms with E-state index in [9.17, 15) is 4.39 Å². The van der Waals surface area contributed by atoms with Crippen molar-refractivity contribution in [1.82, 2.24) is 10.2 Å². The Kier molecular flexibility index (Phi) is 3.75. The smallest absolute Gasteiger partial charge is 0.277 e. The van der Waals surface area contributed by atoms with Crippen molar-refractivity contribution in [2.24, 2.45) is 5.73 Å². The molecule has 0 aliphatic rings. The highest BCUT2D eigenvalue weighted by atomic mass is 32.2. The zero-order valence-electron chi connectivity index (χ0n) is 9.26. The Labute approximate surface area is 102 Å². The van der Waals surface area contributed by atoms with Gasteiger partial charge in [0.05, 0.1) is 5.25 Å². The third-order valence-electron chi connectivity index (χ3n) is 2.22. The van der Waals surface area contributed by atoms with E-state index in [1.807, 2.05) is 0 Å². The number of aryl methyl sites for hydroxylation is 1. The van der Waals surface area contributed by atoms with Gasteiger partial charge in [0.25, 0.3) is 5.22 Å². The maximum absolute atomic E-state index is 13.6. The first-order valence-electron chi connectivity index (χ1n) is 5.12. The molecule has 1 atom stereocenters. The summed E-state index contributed by atoms with van der Waals surface area (Å²) in [4.78, 5) is 0. The number of aromatic nitrogens is 2. The average molecular weight is 253 g/mol. The van der Waals surface area contributed by atoms with Crippen LogP contribution in [-0.4, -0.2) is 16.7 Å². The Morgan fingerprint density at radius 2 is 2.18 bits per heavy atom. The SMILES string of the molecule is Cc1nnc(SC(CN)c2ccccc2F)o1. The second-order valence-corrected chi connectivity index (χ2v) is 4.60. The van der Waals surface area contributed by atoms with Gasteiger partial charge in [0.2, 0.25) is 5.89 Å². The van der Waals surface area contributed by atoms with Gasteiger partial charge in [0.1, 0.15) is 5.82 Å². The molecule has 1 aromatic carbocycles. The van der Waals surface area contributed by atoms with Crippen LogP contribution in [0.1, 0.15) is 16.7 Å². The van der Waals surface area contributed by atoms with Gasteiger partial charge in [-0.2, -0.15) is 0 Å². The fourth-order valence-electron chi connectivity index (χ4n) is 1.42. The second-order valence-electron chi connectivity index (χ2n) is 3.45. The van der Waals surface area contributed by atoms with Crippen LogP contribution in [-0.2, 0) is 0 Å². The van der Waals surface area contributed by atoms with Gasteiger partial charge in [-0.1, -0.05) is 30.0 Å². The van der Waals surface area contributed by atoms with Crippen molar-refractivity contribution < 1.29 is 8.81 Å². The number of nitrogens with zero attached hydrogens (tertiary/aromatic N) is 2. The lowest BCUT2D eigenvalue weighted by atomic mass is 10.1. The molecule has 4 nitrogen and oxygen atoms in total. The second kappa shape index (κ2) is 5.29. The van der Waals surface area contributed by atoms with E-state index in [-0.39, 0.29) is 11.1 Å². The minimum Gasteiger partial charge on any atom is -0.416 e. The molecule has 0 saturated carbocycles. The number of nitrogens with two attached hydrogens (primary N) is 1. The monoisotopic (exact) mass is 253 g/mol. The van der Waals surface area contributed by atoms with E-state index in [0.717, 1.165) is 0 Å². The van der Waals surface area contributed by atoms with E-state index in [0.29, 0.717) is 23.2 Å². The molecular weight excluding hydrogens is 241 g/mol. The molecule has 0 fully saturated rings. The summed E-state index contributed by atoms with van der Waals surface area (Å²) in [5.41, 5.74) is 6.20. The molecule has 0 saturated heterocycles. The molecule has 2 N–H and O–H groups in total. The molecule has 1 heterocycles. The van der Waals surface area contributed by atoms with Gasteiger partial charge < -0.3 is 10.2 Å². The first-order chi connectivity index (χ1) is 8.20. The van der Waals surface area contributed by atoms with Crippen molar-refractivity contribution in [2.45, 2.75) is 17.4 Å². The van der Waals surface area contributed by atoms with Crippen LogP contribution in [0.5, 0.6) is 0 Å². The third-order valence-corrected chi connectivity index (χ3v) is 3.31. The van der Waals surface area contributed by atoms with Crippen LogP contribution in [0, 0.1) is 12.7 Å². The summed E-state index contributed by atoms with van der Waals surface area (Å²) < 4.78 is 18.8. The summed E-state index contributed by atoms with van der Waals surface area (Å²) in [7, 11) is 0. The minimum atomic E-state index is -0.272. The van der Waals surface area contributed by atoms with E-state index in [2.05, 4.69) is 10.2 Å². The molecular formula is C11H12FN3OS. The quantitative estimate of drug-likeness (QED) is 0.847. The molecule has 2 rings (SSSR count). The van der Waals surface area contributed by atoms with Crippen LogP contribution in [0.3, 0.4) is 0 Å². The van der Waals surface area contributed by atoms with Gasteiger partial charge in [-0.05, 0) is 6.07 Å². The molecule has 1 unspecified atom stereocenters. The maximum atomic E-state index is 13.6. The molecule has 6 heteroatoms. The standard InChI is InChI=1S/C11H12FN3OS/c1-7-14-15-11(16-7)17-10(6-13)8-4-2-3-5-9(8)12/h2-5,10H,6,13H2,1H3. The van der Waals surface area contributed by atoms with Gasteiger partial charge in [-0.25, -0.2) is 4.39 Å². The van der Waals surface area contributed by atoms with Gasteiger partial charge in [-0.15, -0.1) is 10.2 Å². The lowest BCUT2D eigenvalue weighted by molar-refractivity contribution is 0.428. The van der Waals surface area contributed by atoms with Gasteiger partial charge >= 0.3 is 0 Å². The molecule has 0 radical (unpaired) electrons. The zero-order chi connectivity index (χ0) is 12.3. The molecule has 0 aliphatic heterocycles. The van der Waals surface area contributed by atoms with E-state index < -0.39 is 0 Å². The van der Waals surface area contributed by atoms with Crippen LogP contribution in [0.15, 0.2) is 33.9 Å². The zero-order valence-corrected chi connectivity index (χ0v) is 10.1. The Morgan fingerprint density at radius 1 is 1.41 bits per heavy atom. The fourth-order valence-corrected chi connectivity index (χ4v) is 2.34. The van der Waals surface area contributed by atoms with Gasteiger partial charge in [0.15, 0.2) is 0 Å². The number of hydrogen-bond donors (Lipinski definition) is 1. The predicted molar refractivity (Wildman–Crippen MR) is 63.1 cm³/mol. The first-order valence-corrected chi connectivity index (χ1v) is 6.00. The van der Waals surface area contributed by atoms with E-state index in [1.165, 1.54) is 17.8 Å². The Morgan fingerprint density at radius 3 is 2.76 bits per heavy atom. The number of hydrogen-bond acceptors (Lipinski definition) is 5. The summed E-state index contributed by atoms with van der Waals surface area (Å²) in [6, 6.07) is 6.55. The number of thioether (sulfide) groups is 1. The van der Waals surface area contributed by atoms with E-state index in [1.54, 1.807) is 25.1 Å². The summed E-state index contributed by atoms with van der Waals surface area (Å²) >= 11 is 1.27. The highest BCUT2D eigenvalue weighted by Gasteiger charge is 2.18. The summed E-state index contributed by atoms with van der Waals surface area (Å²) in [5.74, 6) is 0.212. The molecule has 17 heavy (non-hydrogen) atoms. The van der Waals surface area contributed by atoms with Crippen molar-refractivity contribution in [3.63, 3.8) is 0 Å². The molecule has 1 aromatic heterocycles. The van der Waals surface area contributed by atoms with Crippen LogP contribution in [0.25, 0.3) is 0 Å². The predicted octanol–water partition coefficient (Wildman–Crippen LogP) is 2.31. The van der Waals surface area contributed by atoms with Crippen LogP contribution >= 0.6 is 11.8 Å². The van der Waals surface area contributed by atoms with Gasteiger partial charge in [0, 0.05) is 19.0 Å². The maximum Gasteiger partial charge on any atom is 0.277 e. The number of benzene rings is 1. The summed E-state index contributed by atoms with van der Waals surface area (Å²) in [5, 5.41) is 7.75. The topological polar surface area (TPSA) is 64.9 Å². The summed E-state index contributed by atoms with van der Waals surface area (Å²) in [6.07, 6.45) is 0. The average Bonchev–Trinajstić information content (AvgIpc) is 2.73. The Hall–Kier alpha value is -1.40. The van der Waals surface area contributed by atoms with Crippen molar-refractivity contribution >= 4 is 11.8 Å². The fraction of sp³-hybridized carbons (Fsp3) is 0.273. The van der Waals surface area contributed by atoms with Crippen LogP contribution in [0.4, 0.5) is 4.39 Å². The molecule has 2 aromatic rings. The molecule has 0 aliphatic carbocycles. The third kappa shape index (κ3) is 2.83. The number of halogens is 1. The minimum absolute atomic E-state index is 0.226. The highest BCUT2D eigenvalue weighted by Crippen LogP contribution is 2.34. The largest absolute Gasteiger partial charge is 0.416 e. The van der Waals surface area contributed by atoms with Gasteiger partial charge in [-0.3, -0.25) is 0 Å². The molecule has 0 amide bonds. The van der Waals surface area contributed by atoms with Crippen molar-refractivity contribution in [1.29, 1.82) is 0 Å². The number of rotatable bonds is 4. The lowest BCUT2D eigenvalue weighted by Gasteiger charge is -2.12. The van der Waals surface area contributed by atoms with Crippen molar-refractivity contribution in [3.05, 3.63) is 41.5 Å². The lowest BCUT2D eigenvalue weighted by Crippen LogP contribution is -2.10. The molecule has 90 valence electrons. The molecule has 0 spiro atoms. The Bertz CT molecular complexity index is 503. The first kappa shape index (κ1) is 12.1. The normalized spacial score (nSPS) is 12.6. The van der Waals surface area contributed by atoms with Crippen LogP contribution < -0.4 is 5.73 Å². The highest BCUT2D eigenvalue weighted by molar-refractivity contribution is 7.99. The van der Waals surface area contributed by atoms with Crippen molar-refractivity contribution in [2.75, 3.05) is 6.54 Å². The van der Waals surface area contributed by atoms with E-state index >= 15 is 0 Å². The summed E-state index contributed by atoms with van der Waals surface area (Å²) in [6.45, 7) is 2.00.